The molecule has 9 rings (SSSR count). The number of hydrogen-bond acceptors (Lipinski definition) is 12. The van der Waals surface area contributed by atoms with E-state index in [0.29, 0.717) is 0 Å². The smallest absolute Gasteiger partial charge is 0.124 e. The number of aromatic nitrogens is 3. The van der Waals surface area contributed by atoms with E-state index < -0.39 is 0 Å². The molecule has 6 aromatic carbocycles. The van der Waals surface area contributed by atoms with Crippen molar-refractivity contribution in [3.8, 4) is 49.0 Å². The first kappa shape index (κ1) is 38.5. The molecule has 0 aliphatic carbocycles. The zero-order chi connectivity index (χ0) is 38.6. The lowest BCUT2D eigenvalue weighted by Crippen LogP contribution is -1.88. The summed E-state index contributed by atoms with van der Waals surface area (Å²) in [6.45, 7) is 0. The van der Waals surface area contributed by atoms with Crippen LogP contribution in [0.3, 0.4) is 0 Å². The molecule has 9 nitrogen and oxygen atoms in total. The standard InChI is InChI=1S/C14H11IN2OS.C14H12N2OS.C13H9IN2OS/c1-18-9-3-5-12-13(7-9)19-14(17-12)8-2-4-11(16)10(15)6-8;1-17-11-6-7-12-13(8-11)18-14(16-12)9-2-4-10(15)5-3-9;14-9-5-7(1-3-10(9)15)13-16-11-4-2-8(17)6-12(11)18-13/h2-7H,16H2,1H3;2-8H,15H2,1H3;1-6,17H,15H2. The Morgan fingerprint density at radius 3 is 1.33 bits per heavy atom. The topological polar surface area (TPSA) is 155 Å². The van der Waals surface area contributed by atoms with Crippen molar-refractivity contribution >= 4 is 127 Å². The van der Waals surface area contributed by atoms with Gasteiger partial charge in [0.15, 0.2) is 0 Å². The van der Waals surface area contributed by atoms with Crippen LogP contribution in [0.15, 0.2) is 115 Å². The van der Waals surface area contributed by atoms with Gasteiger partial charge < -0.3 is 31.8 Å². The number of benzene rings is 6. The SMILES string of the molecule is COc1ccc2nc(-c3ccc(N)c(I)c3)sc2c1.COc1ccc2nc(-c3ccc(N)cc3)sc2c1.Nc1ccc(-c2nc3ccc(O)cc3s2)cc1I. The number of aromatic hydroxyl groups is 1. The predicted molar refractivity (Wildman–Crippen MR) is 249 cm³/mol. The van der Waals surface area contributed by atoms with Gasteiger partial charge in [0, 0.05) is 40.9 Å². The van der Waals surface area contributed by atoms with Crippen LogP contribution in [0.25, 0.3) is 62.4 Å². The molecule has 0 aliphatic heterocycles. The van der Waals surface area contributed by atoms with Crippen LogP contribution < -0.4 is 26.7 Å². The molecule has 55 heavy (non-hydrogen) atoms. The van der Waals surface area contributed by atoms with Gasteiger partial charge in [-0.3, -0.25) is 0 Å². The Balaban J connectivity index is 0.000000127. The molecule has 3 heterocycles. The Morgan fingerprint density at radius 1 is 0.491 bits per heavy atom. The fraction of sp³-hybridized carbons (Fsp3) is 0.0488. The molecule has 0 saturated carbocycles. The number of thiazole rings is 3. The Hall–Kier alpha value is -4.75. The summed E-state index contributed by atoms with van der Waals surface area (Å²) in [5.41, 5.74) is 25.8. The summed E-state index contributed by atoms with van der Waals surface area (Å²) >= 11 is 9.33. The van der Waals surface area contributed by atoms with Crippen LogP contribution in [0.5, 0.6) is 17.2 Å². The summed E-state index contributed by atoms with van der Waals surface area (Å²) in [5, 5.41) is 12.4. The van der Waals surface area contributed by atoms with Gasteiger partial charge >= 0.3 is 0 Å². The van der Waals surface area contributed by atoms with Crippen molar-refractivity contribution in [2.45, 2.75) is 0 Å². The van der Waals surface area contributed by atoms with Crippen molar-refractivity contribution in [3.63, 3.8) is 0 Å². The molecule has 0 fully saturated rings. The number of anilines is 3. The van der Waals surface area contributed by atoms with Crippen molar-refractivity contribution in [3.05, 3.63) is 122 Å². The lowest BCUT2D eigenvalue weighted by molar-refractivity contribution is 0.415. The first-order chi connectivity index (χ1) is 26.6. The maximum absolute atomic E-state index is 9.45. The molecule has 0 atom stereocenters. The molecule has 9 aromatic rings. The Kier molecular flexibility index (Phi) is 11.9. The highest BCUT2D eigenvalue weighted by Gasteiger charge is 2.11. The van der Waals surface area contributed by atoms with Gasteiger partial charge in [-0.1, -0.05) is 0 Å². The highest BCUT2D eigenvalue weighted by Crippen LogP contribution is 2.36. The summed E-state index contributed by atoms with van der Waals surface area (Å²) in [7, 11) is 3.34. The van der Waals surface area contributed by atoms with Crippen molar-refractivity contribution in [1.82, 2.24) is 15.0 Å². The first-order valence-corrected chi connectivity index (χ1v) is 21.1. The van der Waals surface area contributed by atoms with Gasteiger partial charge in [0.1, 0.15) is 32.3 Å². The van der Waals surface area contributed by atoms with E-state index >= 15 is 0 Å². The van der Waals surface area contributed by atoms with E-state index in [1.165, 1.54) is 0 Å². The maximum atomic E-state index is 9.45. The second kappa shape index (κ2) is 16.9. The fourth-order valence-corrected chi connectivity index (χ4v) is 9.31. The van der Waals surface area contributed by atoms with Gasteiger partial charge in [0.05, 0.1) is 44.9 Å². The highest BCUT2D eigenvalue weighted by atomic mass is 127. The summed E-state index contributed by atoms with van der Waals surface area (Å²) < 4.78 is 15.8. The number of nitrogens with two attached hydrogens (primary N) is 3. The van der Waals surface area contributed by atoms with Crippen LogP contribution >= 0.6 is 79.2 Å². The van der Waals surface area contributed by atoms with Crippen LogP contribution in [0.2, 0.25) is 0 Å². The van der Waals surface area contributed by atoms with Gasteiger partial charge in [-0.2, -0.15) is 0 Å². The lowest BCUT2D eigenvalue weighted by Gasteiger charge is -2.00. The van der Waals surface area contributed by atoms with E-state index in [1.54, 1.807) is 60.4 Å². The minimum Gasteiger partial charge on any atom is -0.508 e. The molecule has 7 N–H and O–H groups in total. The zero-order valence-corrected chi connectivity index (χ0v) is 36.1. The largest absolute Gasteiger partial charge is 0.508 e. The molecule has 276 valence electrons. The van der Waals surface area contributed by atoms with Crippen LogP contribution in [0.1, 0.15) is 0 Å². The van der Waals surface area contributed by atoms with Gasteiger partial charge in [-0.05, 0) is 160 Å². The van der Waals surface area contributed by atoms with Crippen LogP contribution in [0.4, 0.5) is 17.1 Å². The van der Waals surface area contributed by atoms with Crippen molar-refractivity contribution < 1.29 is 14.6 Å². The maximum Gasteiger partial charge on any atom is 0.124 e. The molecular weight excluding hydrogens is 974 g/mol. The number of phenolic OH excluding ortho intramolecular Hbond substituents is 1. The average molecular weight is 1010 g/mol. The van der Waals surface area contributed by atoms with E-state index in [2.05, 4.69) is 66.2 Å². The summed E-state index contributed by atoms with van der Waals surface area (Å²) in [5.74, 6) is 1.98. The third-order valence-corrected chi connectivity index (χ3v) is 13.3. The molecule has 3 aromatic heterocycles. The lowest BCUT2D eigenvalue weighted by atomic mass is 10.2. The number of rotatable bonds is 5. The first-order valence-electron chi connectivity index (χ1n) is 16.5. The molecule has 0 spiro atoms. The third-order valence-electron chi connectivity index (χ3n) is 8.22. The third kappa shape index (κ3) is 9.05. The number of nitrogen functional groups attached to an aromatic ring is 3. The van der Waals surface area contributed by atoms with E-state index in [-0.39, 0.29) is 5.75 Å². The van der Waals surface area contributed by atoms with Crippen LogP contribution in [-0.4, -0.2) is 34.3 Å². The number of methoxy groups -OCH3 is 2. The number of fused-ring (bicyclic) bond motifs is 3. The molecule has 14 heteroatoms. The normalized spacial score (nSPS) is 10.8. The van der Waals surface area contributed by atoms with Gasteiger partial charge in [0.2, 0.25) is 0 Å². The van der Waals surface area contributed by atoms with Crippen molar-refractivity contribution in [2.24, 2.45) is 0 Å². The molecule has 0 radical (unpaired) electrons. The minimum atomic E-state index is 0.268. The average Bonchev–Trinajstić information content (AvgIpc) is 3.94. The highest BCUT2D eigenvalue weighted by molar-refractivity contribution is 14.1. The van der Waals surface area contributed by atoms with Crippen molar-refractivity contribution in [2.75, 3.05) is 31.4 Å². The van der Waals surface area contributed by atoms with Gasteiger partial charge in [0.25, 0.3) is 0 Å². The molecule has 0 amide bonds. The fourth-order valence-electron chi connectivity index (χ4n) is 5.29. The molecular formula is C41H32I2N6O3S3. The number of hydrogen-bond donors (Lipinski definition) is 4. The summed E-state index contributed by atoms with van der Waals surface area (Å²) in [4.78, 5) is 13.8. The van der Waals surface area contributed by atoms with E-state index in [4.69, 9.17) is 26.7 Å². The molecule has 0 unspecified atom stereocenters. The molecule has 0 bridgehead atoms. The number of halogens is 2. The minimum absolute atomic E-state index is 0.268. The van der Waals surface area contributed by atoms with E-state index in [9.17, 15) is 5.11 Å². The Labute approximate surface area is 356 Å². The summed E-state index contributed by atoms with van der Waals surface area (Å²) in [6.07, 6.45) is 0. The van der Waals surface area contributed by atoms with E-state index in [1.807, 2.05) is 97.1 Å². The Bertz CT molecular complexity index is 2790. The van der Waals surface area contributed by atoms with Crippen LogP contribution in [0, 0.1) is 7.14 Å². The summed E-state index contributed by atoms with van der Waals surface area (Å²) in [6, 6.07) is 36.7. The quantitative estimate of drug-likeness (QED) is 0.0974. The molecule has 0 saturated heterocycles. The second-order valence-electron chi connectivity index (χ2n) is 12.0. The monoisotopic (exact) mass is 1010 g/mol. The van der Waals surface area contributed by atoms with Crippen LogP contribution in [-0.2, 0) is 0 Å². The zero-order valence-electron chi connectivity index (χ0n) is 29.3. The van der Waals surface area contributed by atoms with E-state index in [0.717, 1.165) is 98.1 Å². The molecule has 0 aliphatic rings. The number of nitrogens with zero attached hydrogens (tertiary/aromatic N) is 3. The van der Waals surface area contributed by atoms with Crippen molar-refractivity contribution in [1.29, 1.82) is 0 Å². The number of ether oxygens (including phenoxy) is 2. The number of phenols is 1. The second-order valence-corrected chi connectivity index (χ2v) is 17.4. The predicted octanol–water partition coefficient (Wildman–Crippen LogP) is 11.6. The van der Waals surface area contributed by atoms with Gasteiger partial charge in [-0.25, -0.2) is 15.0 Å². The Morgan fingerprint density at radius 2 is 0.891 bits per heavy atom. The van der Waals surface area contributed by atoms with Gasteiger partial charge in [-0.15, -0.1) is 34.0 Å².